The molecule has 0 aliphatic carbocycles. The van der Waals surface area contributed by atoms with Gasteiger partial charge in [0.05, 0.1) is 0 Å². The highest BCUT2D eigenvalue weighted by Crippen LogP contribution is 2.10. The zero-order chi connectivity index (χ0) is 11.1. The minimum absolute atomic E-state index is 0.804. The largest absolute Gasteiger partial charge is 0.345 e. The second kappa shape index (κ2) is 6.35. The van der Waals surface area contributed by atoms with Gasteiger partial charge in [-0.2, -0.15) is 0 Å². The Morgan fingerprint density at radius 3 is 3.00 bits per heavy atom. The molecule has 0 atom stereocenters. The predicted molar refractivity (Wildman–Crippen MR) is 68.1 cm³/mol. The first-order valence-electron chi connectivity index (χ1n) is 4.78. The van der Waals surface area contributed by atoms with Crippen LogP contribution in [0.15, 0.2) is 40.2 Å². The SMILES string of the molecule is CCC(C)=N/C=C\Nc1ccc(Br)cn1. The molecule has 0 amide bonds. The molecule has 3 nitrogen and oxygen atoms in total. The zero-order valence-corrected chi connectivity index (χ0v) is 10.5. The minimum Gasteiger partial charge on any atom is -0.345 e. The molecule has 1 aromatic heterocycles. The first-order valence-corrected chi connectivity index (χ1v) is 5.58. The van der Waals surface area contributed by atoms with E-state index in [-0.39, 0.29) is 0 Å². The number of rotatable bonds is 4. The van der Waals surface area contributed by atoms with Gasteiger partial charge in [0, 0.05) is 28.8 Å². The van der Waals surface area contributed by atoms with Gasteiger partial charge in [-0.05, 0) is 41.4 Å². The van der Waals surface area contributed by atoms with Gasteiger partial charge in [-0.3, -0.25) is 4.99 Å². The average Bonchev–Trinajstić information content (AvgIpc) is 2.26. The maximum atomic E-state index is 4.21. The lowest BCUT2D eigenvalue weighted by Crippen LogP contribution is -1.90. The molecule has 0 unspecified atom stereocenters. The molecule has 1 aromatic rings. The smallest absolute Gasteiger partial charge is 0.129 e. The number of hydrogen-bond donors (Lipinski definition) is 1. The molecule has 0 aliphatic heterocycles. The maximum Gasteiger partial charge on any atom is 0.129 e. The van der Waals surface area contributed by atoms with E-state index in [9.17, 15) is 0 Å². The number of hydrogen-bond acceptors (Lipinski definition) is 3. The summed E-state index contributed by atoms with van der Waals surface area (Å²) in [7, 11) is 0. The molecule has 15 heavy (non-hydrogen) atoms. The summed E-state index contributed by atoms with van der Waals surface area (Å²) in [5.41, 5.74) is 1.11. The van der Waals surface area contributed by atoms with E-state index in [4.69, 9.17) is 0 Å². The third-order valence-corrected chi connectivity index (χ3v) is 2.31. The third kappa shape index (κ3) is 4.74. The molecule has 1 heterocycles. The van der Waals surface area contributed by atoms with Gasteiger partial charge in [0.15, 0.2) is 0 Å². The summed E-state index contributed by atoms with van der Waals surface area (Å²) in [6.45, 7) is 4.08. The fourth-order valence-electron chi connectivity index (χ4n) is 0.840. The number of aliphatic imine (C=N–C) groups is 1. The Morgan fingerprint density at radius 1 is 1.60 bits per heavy atom. The highest BCUT2D eigenvalue weighted by atomic mass is 79.9. The summed E-state index contributed by atoms with van der Waals surface area (Å²) in [5.74, 6) is 0.804. The van der Waals surface area contributed by atoms with Crippen LogP contribution < -0.4 is 5.32 Å². The Kier molecular flexibility index (Phi) is 5.04. The van der Waals surface area contributed by atoms with Crippen molar-refractivity contribution in [3.05, 3.63) is 35.2 Å². The minimum atomic E-state index is 0.804. The Balaban J connectivity index is 2.47. The first-order chi connectivity index (χ1) is 7.22. The lowest BCUT2D eigenvalue weighted by molar-refractivity contribution is 1.25. The Bertz CT molecular complexity index is 355. The Labute approximate surface area is 98.5 Å². The number of aromatic nitrogens is 1. The molecular weight excluding hydrogens is 254 g/mol. The fraction of sp³-hybridized carbons (Fsp3) is 0.273. The number of anilines is 1. The van der Waals surface area contributed by atoms with Crippen molar-refractivity contribution in [1.82, 2.24) is 4.98 Å². The van der Waals surface area contributed by atoms with Crippen molar-refractivity contribution in [2.24, 2.45) is 4.99 Å². The van der Waals surface area contributed by atoms with Crippen LogP contribution in [0.1, 0.15) is 20.3 Å². The third-order valence-electron chi connectivity index (χ3n) is 1.84. The molecule has 0 spiro atoms. The molecule has 0 bridgehead atoms. The fourth-order valence-corrected chi connectivity index (χ4v) is 1.07. The van der Waals surface area contributed by atoms with E-state index in [0.29, 0.717) is 0 Å². The van der Waals surface area contributed by atoms with Crippen LogP contribution >= 0.6 is 15.9 Å². The molecule has 0 radical (unpaired) electrons. The summed E-state index contributed by atoms with van der Waals surface area (Å²) >= 11 is 3.33. The van der Waals surface area contributed by atoms with Gasteiger partial charge in [-0.25, -0.2) is 4.98 Å². The normalized spacial score (nSPS) is 12.1. The van der Waals surface area contributed by atoms with Crippen LogP contribution in [0.3, 0.4) is 0 Å². The molecule has 80 valence electrons. The Hall–Kier alpha value is -1.16. The number of halogens is 1. The second-order valence-corrected chi connectivity index (χ2v) is 3.96. The van der Waals surface area contributed by atoms with E-state index in [1.165, 1.54) is 0 Å². The van der Waals surface area contributed by atoms with Crippen molar-refractivity contribution in [2.45, 2.75) is 20.3 Å². The van der Waals surface area contributed by atoms with Crippen LogP contribution in [-0.4, -0.2) is 10.7 Å². The van der Waals surface area contributed by atoms with E-state index in [2.05, 4.69) is 38.1 Å². The topological polar surface area (TPSA) is 37.3 Å². The monoisotopic (exact) mass is 267 g/mol. The maximum absolute atomic E-state index is 4.21. The standard InChI is InChI=1S/C11H14BrN3/c1-3-9(2)13-6-7-14-11-5-4-10(12)8-15-11/h4-8H,3H2,1-2H3,(H,14,15)/b7-6-,13-9?. The van der Waals surface area contributed by atoms with Crippen LogP contribution in [0.5, 0.6) is 0 Å². The Morgan fingerprint density at radius 2 is 2.40 bits per heavy atom. The van der Waals surface area contributed by atoms with Crippen LogP contribution in [-0.2, 0) is 0 Å². The van der Waals surface area contributed by atoms with E-state index in [0.717, 1.165) is 22.4 Å². The lowest BCUT2D eigenvalue weighted by Gasteiger charge is -1.98. The molecule has 4 heteroatoms. The van der Waals surface area contributed by atoms with Crippen molar-refractivity contribution in [3.8, 4) is 0 Å². The molecule has 0 fully saturated rings. The van der Waals surface area contributed by atoms with Crippen molar-refractivity contribution < 1.29 is 0 Å². The molecule has 1 N–H and O–H groups in total. The van der Waals surface area contributed by atoms with Gasteiger partial charge in [0.2, 0.25) is 0 Å². The average molecular weight is 268 g/mol. The molecule has 0 aromatic carbocycles. The van der Waals surface area contributed by atoms with Gasteiger partial charge in [-0.1, -0.05) is 6.92 Å². The first kappa shape index (κ1) is 11.9. The van der Waals surface area contributed by atoms with E-state index < -0.39 is 0 Å². The van der Waals surface area contributed by atoms with E-state index in [1.807, 2.05) is 19.1 Å². The van der Waals surface area contributed by atoms with Crippen LogP contribution in [0.2, 0.25) is 0 Å². The summed E-state index contributed by atoms with van der Waals surface area (Å²) in [4.78, 5) is 8.37. The molecule has 0 saturated heterocycles. The van der Waals surface area contributed by atoms with Gasteiger partial charge in [0.1, 0.15) is 5.82 Å². The van der Waals surface area contributed by atoms with Crippen LogP contribution in [0, 0.1) is 0 Å². The molecule has 0 saturated carbocycles. The highest BCUT2D eigenvalue weighted by molar-refractivity contribution is 9.10. The highest BCUT2D eigenvalue weighted by Gasteiger charge is 1.89. The quantitative estimate of drug-likeness (QED) is 0.847. The van der Waals surface area contributed by atoms with Gasteiger partial charge in [-0.15, -0.1) is 0 Å². The number of pyridine rings is 1. The van der Waals surface area contributed by atoms with E-state index >= 15 is 0 Å². The lowest BCUT2D eigenvalue weighted by atomic mass is 10.3. The molecule has 0 aliphatic rings. The summed E-state index contributed by atoms with van der Waals surface area (Å²) in [6, 6.07) is 3.83. The van der Waals surface area contributed by atoms with Crippen molar-refractivity contribution in [3.63, 3.8) is 0 Å². The zero-order valence-electron chi connectivity index (χ0n) is 8.87. The molecule has 1 rings (SSSR count). The number of nitrogens with one attached hydrogen (secondary N) is 1. The predicted octanol–water partition coefficient (Wildman–Crippen LogP) is 3.60. The van der Waals surface area contributed by atoms with Gasteiger partial charge >= 0.3 is 0 Å². The van der Waals surface area contributed by atoms with Gasteiger partial charge < -0.3 is 5.32 Å². The summed E-state index contributed by atoms with van der Waals surface area (Å²) in [5, 5.41) is 3.03. The van der Waals surface area contributed by atoms with Crippen LogP contribution in [0.25, 0.3) is 0 Å². The van der Waals surface area contributed by atoms with Crippen molar-refractivity contribution in [2.75, 3.05) is 5.32 Å². The van der Waals surface area contributed by atoms with Crippen molar-refractivity contribution in [1.29, 1.82) is 0 Å². The summed E-state index contributed by atoms with van der Waals surface area (Å²) < 4.78 is 0.969. The molecular formula is C11H14BrN3. The van der Waals surface area contributed by atoms with E-state index in [1.54, 1.807) is 18.6 Å². The van der Waals surface area contributed by atoms with Gasteiger partial charge in [0.25, 0.3) is 0 Å². The number of nitrogens with zero attached hydrogens (tertiary/aromatic N) is 2. The van der Waals surface area contributed by atoms with Crippen molar-refractivity contribution >= 4 is 27.5 Å². The summed E-state index contributed by atoms with van der Waals surface area (Å²) in [6.07, 6.45) is 6.23. The van der Waals surface area contributed by atoms with Crippen LogP contribution in [0.4, 0.5) is 5.82 Å². The second-order valence-electron chi connectivity index (χ2n) is 3.04.